The Labute approximate surface area is 175 Å². The molecule has 1 fully saturated rings. The molecule has 1 aliphatic rings. The number of aromatic amines is 1. The minimum atomic E-state index is -4.96. The summed E-state index contributed by atoms with van der Waals surface area (Å²) in [5.74, 6) is -0.319. The Morgan fingerprint density at radius 2 is 1.68 bits per heavy atom. The molecule has 0 spiro atoms. The van der Waals surface area contributed by atoms with E-state index in [0.29, 0.717) is 11.6 Å². The average Bonchev–Trinajstić information content (AvgIpc) is 3.38. The Morgan fingerprint density at radius 1 is 1.03 bits per heavy atom. The van der Waals surface area contributed by atoms with Crippen molar-refractivity contribution in [2.45, 2.75) is 42.3 Å². The third kappa shape index (κ3) is 3.93. The number of halogens is 3. The molecule has 1 aliphatic carbocycles. The van der Waals surface area contributed by atoms with Crippen molar-refractivity contribution in [3.63, 3.8) is 0 Å². The van der Waals surface area contributed by atoms with Crippen molar-refractivity contribution in [1.29, 1.82) is 0 Å². The van der Waals surface area contributed by atoms with Gasteiger partial charge in [-0.25, -0.2) is 13.6 Å². The first-order chi connectivity index (χ1) is 14.5. The Balaban J connectivity index is 1.95. The lowest BCUT2D eigenvalue weighted by Gasteiger charge is -2.24. The molecule has 5 N–H and O–H groups in total. The molecular weight excluding hydrogens is 433 g/mol. The molecular formula is C19H19F3N6O2S. The fourth-order valence-electron chi connectivity index (χ4n) is 4.11. The van der Waals surface area contributed by atoms with Crippen LogP contribution >= 0.6 is 0 Å². The van der Waals surface area contributed by atoms with Crippen molar-refractivity contribution < 1.29 is 21.6 Å². The molecule has 0 radical (unpaired) electrons. The van der Waals surface area contributed by atoms with E-state index in [1.165, 1.54) is 6.07 Å². The molecule has 4 rings (SSSR count). The smallest absolute Gasteiger partial charge is 0.321 e. The summed E-state index contributed by atoms with van der Waals surface area (Å²) in [5.41, 5.74) is 5.80. The van der Waals surface area contributed by atoms with Crippen LogP contribution in [0.3, 0.4) is 0 Å². The maximum Gasteiger partial charge on any atom is 0.417 e. The predicted octanol–water partition coefficient (Wildman–Crippen LogP) is 2.93. The Bertz CT molecular complexity index is 1200. The summed E-state index contributed by atoms with van der Waals surface area (Å²) in [6, 6.07) is 8.83. The van der Waals surface area contributed by atoms with Crippen LogP contribution in [0.15, 0.2) is 41.3 Å². The average molecular weight is 452 g/mol. The highest BCUT2D eigenvalue weighted by molar-refractivity contribution is 7.89. The van der Waals surface area contributed by atoms with Crippen LogP contribution in [-0.2, 0) is 21.7 Å². The molecule has 2 aromatic carbocycles. The second-order valence-corrected chi connectivity index (χ2v) is 9.08. The number of nitrogens with zero attached hydrogens (tertiary/aromatic N) is 3. The van der Waals surface area contributed by atoms with Gasteiger partial charge in [0.25, 0.3) is 0 Å². The van der Waals surface area contributed by atoms with Crippen LogP contribution in [0.5, 0.6) is 0 Å². The topological polar surface area (TPSA) is 141 Å². The van der Waals surface area contributed by atoms with Gasteiger partial charge in [0.2, 0.25) is 15.8 Å². The summed E-state index contributed by atoms with van der Waals surface area (Å²) in [4.78, 5) is -1.10. The van der Waals surface area contributed by atoms with Gasteiger partial charge in [-0.05, 0) is 40.8 Å². The summed E-state index contributed by atoms with van der Waals surface area (Å²) in [6.07, 6.45) is -1.22. The van der Waals surface area contributed by atoms with Crippen molar-refractivity contribution in [1.82, 2.24) is 20.6 Å². The SMILES string of the molecule is NC1(c2ccc(-c3ccc(C(F)(F)F)c(S(N)(=O)=O)c3-c3nn[nH]n3)cc2)CCCC1. The molecule has 31 heavy (non-hydrogen) atoms. The normalized spacial score (nSPS) is 16.5. The molecule has 0 atom stereocenters. The molecule has 164 valence electrons. The summed E-state index contributed by atoms with van der Waals surface area (Å²) >= 11 is 0. The van der Waals surface area contributed by atoms with E-state index in [9.17, 15) is 21.6 Å². The molecule has 1 saturated carbocycles. The second-order valence-electron chi connectivity index (χ2n) is 7.58. The van der Waals surface area contributed by atoms with Crippen LogP contribution in [0.25, 0.3) is 22.5 Å². The maximum atomic E-state index is 13.6. The largest absolute Gasteiger partial charge is 0.417 e. The number of hydrogen-bond donors (Lipinski definition) is 3. The predicted molar refractivity (Wildman–Crippen MR) is 106 cm³/mol. The Kier molecular flexibility index (Phi) is 5.10. The molecule has 0 amide bonds. The van der Waals surface area contributed by atoms with Crippen LogP contribution in [-0.4, -0.2) is 29.0 Å². The van der Waals surface area contributed by atoms with E-state index in [1.54, 1.807) is 24.3 Å². The van der Waals surface area contributed by atoms with Crippen molar-refractivity contribution in [2.24, 2.45) is 10.9 Å². The zero-order valence-electron chi connectivity index (χ0n) is 16.1. The zero-order valence-corrected chi connectivity index (χ0v) is 17.0. The number of H-pyrrole nitrogens is 1. The number of nitrogens with two attached hydrogens (primary N) is 2. The third-order valence-corrected chi connectivity index (χ3v) is 6.58. The lowest BCUT2D eigenvalue weighted by atomic mass is 9.87. The minimum Gasteiger partial charge on any atom is -0.321 e. The van der Waals surface area contributed by atoms with Crippen molar-refractivity contribution in [3.8, 4) is 22.5 Å². The van der Waals surface area contributed by atoms with Gasteiger partial charge in [0.15, 0.2) is 0 Å². The summed E-state index contributed by atoms with van der Waals surface area (Å²) < 4.78 is 65.3. The van der Waals surface area contributed by atoms with Crippen LogP contribution in [0, 0.1) is 0 Å². The van der Waals surface area contributed by atoms with Gasteiger partial charge in [0.1, 0.15) is 4.90 Å². The number of primary sulfonamides is 1. The van der Waals surface area contributed by atoms with Gasteiger partial charge in [0.05, 0.1) is 11.1 Å². The second kappa shape index (κ2) is 7.39. The van der Waals surface area contributed by atoms with E-state index in [1.807, 2.05) is 0 Å². The van der Waals surface area contributed by atoms with Gasteiger partial charge < -0.3 is 5.73 Å². The highest BCUT2D eigenvalue weighted by Gasteiger charge is 2.40. The summed E-state index contributed by atoms with van der Waals surface area (Å²) in [7, 11) is -4.80. The molecule has 12 heteroatoms. The fraction of sp³-hybridized carbons (Fsp3) is 0.316. The van der Waals surface area contributed by atoms with Crippen LogP contribution in [0.4, 0.5) is 13.2 Å². The first-order valence-corrected chi connectivity index (χ1v) is 11.0. The quantitative estimate of drug-likeness (QED) is 0.556. The van der Waals surface area contributed by atoms with E-state index in [0.717, 1.165) is 31.2 Å². The van der Waals surface area contributed by atoms with Crippen molar-refractivity contribution in [2.75, 3.05) is 0 Å². The minimum absolute atomic E-state index is 0.169. The van der Waals surface area contributed by atoms with Gasteiger partial charge in [-0.3, -0.25) is 0 Å². The first-order valence-electron chi connectivity index (χ1n) is 9.41. The number of alkyl halides is 3. The highest BCUT2D eigenvalue weighted by atomic mass is 32.2. The van der Waals surface area contributed by atoms with Gasteiger partial charge in [-0.2, -0.15) is 18.4 Å². The van der Waals surface area contributed by atoms with Crippen molar-refractivity contribution in [3.05, 3.63) is 47.5 Å². The van der Waals surface area contributed by atoms with Crippen molar-refractivity contribution >= 4 is 10.0 Å². The zero-order chi connectivity index (χ0) is 22.4. The van der Waals surface area contributed by atoms with Crippen LogP contribution in [0.2, 0.25) is 0 Å². The molecule has 0 saturated heterocycles. The molecule has 0 unspecified atom stereocenters. The first kappa shape index (κ1) is 21.4. The Hall–Kier alpha value is -2.83. The number of hydrogen-bond acceptors (Lipinski definition) is 6. The number of aromatic nitrogens is 4. The monoisotopic (exact) mass is 452 g/mol. The van der Waals surface area contributed by atoms with Crippen LogP contribution in [0.1, 0.15) is 36.8 Å². The maximum absolute atomic E-state index is 13.6. The number of benzene rings is 2. The highest BCUT2D eigenvalue weighted by Crippen LogP contribution is 2.43. The summed E-state index contributed by atoms with van der Waals surface area (Å²) in [5, 5.41) is 18.1. The van der Waals surface area contributed by atoms with E-state index >= 15 is 0 Å². The number of rotatable bonds is 4. The molecule has 1 aromatic heterocycles. The third-order valence-electron chi connectivity index (χ3n) is 5.58. The molecule has 8 nitrogen and oxygen atoms in total. The van der Waals surface area contributed by atoms with Gasteiger partial charge >= 0.3 is 6.18 Å². The molecule has 3 aromatic rings. The number of nitrogens with one attached hydrogen (secondary N) is 1. The van der Waals surface area contributed by atoms with E-state index in [4.69, 9.17) is 10.9 Å². The Morgan fingerprint density at radius 3 is 2.19 bits per heavy atom. The van der Waals surface area contributed by atoms with Gasteiger partial charge in [0, 0.05) is 5.54 Å². The van der Waals surface area contributed by atoms with E-state index in [-0.39, 0.29) is 17.0 Å². The fourth-order valence-corrected chi connectivity index (χ4v) is 5.08. The van der Waals surface area contributed by atoms with Gasteiger partial charge in [-0.1, -0.05) is 43.2 Å². The summed E-state index contributed by atoms with van der Waals surface area (Å²) in [6.45, 7) is 0. The van der Waals surface area contributed by atoms with Crippen LogP contribution < -0.4 is 10.9 Å². The lowest BCUT2D eigenvalue weighted by molar-refractivity contribution is -0.139. The number of tetrazole rings is 1. The molecule has 0 aliphatic heterocycles. The number of sulfonamides is 1. The molecule has 1 heterocycles. The van der Waals surface area contributed by atoms with E-state index < -0.39 is 32.2 Å². The van der Waals surface area contributed by atoms with Gasteiger partial charge in [-0.15, -0.1) is 10.2 Å². The lowest BCUT2D eigenvalue weighted by Crippen LogP contribution is -2.32. The molecule has 0 bridgehead atoms. The standard InChI is InChI=1S/C19H19F3N6O2S/c20-19(21,22)14-8-7-13(15(16(14)31(24,29)30)17-25-27-28-26-17)11-3-5-12(6-4-11)18(23)9-1-2-10-18/h3-8H,1-2,9-10,23H2,(H2,24,29,30)(H,25,26,27,28). The van der Waals surface area contributed by atoms with E-state index in [2.05, 4.69) is 20.6 Å².